The number of rotatable bonds is 8. The summed E-state index contributed by atoms with van der Waals surface area (Å²) in [4.78, 5) is 30.5. The molecule has 0 N–H and O–H groups in total. The minimum atomic E-state index is -3.91. The molecule has 198 valence electrons. The van der Waals surface area contributed by atoms with Crippen molar-refractivity contribution in [2.24, 2.45) is 4.99 Å². The highest BCUT2D eigenvalue weighted by molar-refractivity contribution is 7.89. The van der Waals surface area contributed by atoms with Crippen LogP contribution < -0.4 is 9.54 Å². The second kappa shape index (κ2) is 11.2. The van der Waals surface area contributed by atoms with Gasteiger partial charge in [0.25, 0.3) is 5.91 Å². The number of ether oxygens (including phenoxy) is 2. The Balaban J connectivity index is 1.72. The third-order valence-corrected chi connectivity index (χ3v) is 9.29. The first-order valence-corrected chi connectivity index (χ1v) is 14.4. The summed E-state index contributed by atoms with van der Waals surface area (Å²) in [5.41, 5.74) is 1.89. The third kappa shape index (κ3) is 5.63. The van der Waals surface area contributed by atoms with Crippen LogP contribution in [0.1, 0.15) is 45.1 Å². The van der Waals surface area contributed by atoms with E-state index in [2.05, 4.69) is 18.8 Å². The van der Waals surface area contributed by atoms with Crippen molar-refractivity contribution < 1.29 is 27.5 Å². The highest BCUT2D eigenvalue weighted by Crippen LogP contribution is 2.28. The van der Waals surface area contributed by atoms with Crippen molar-refractivity contribution in [2.45, 2.75) is 57.0 Å². The maximum atomic E-state index is 13.4. The molecule has 11 heteroatoms. The molecule has 0 spiro atoms. The average Bonchev–Trinajstić information content (AvgIpc) is 3.50. The SMILES string of the molecule is CCOC(=O)Cn1c(=NC(=O)C2CCCN2S(=O)(=O)c2ccc(OC)cc2)sc2cc(C(C)C)ccc21. The van der Waals surface area contributed by atoms with E-state index in [4.69, 9.17) is 9.47 Å². The van der Waals surface area contributed by atoms with Gasteiger partial charge in [0, 0.05) is 6.54 Å². The van der Waals surface area contributed by atoms with Crippen molar-refractivity contribution in [3.05, 3.63) is 52.8 Å². The van der Waals surface area contributed by atoms with Gasteiger partial charge >= 0.3 is 5.97 Å². The Morgan fingerprint density at radius 2 is 1.89 bits per heavy atom. The van der Waals surface area contributed by atoms with E-state index in [1.54, 1.807) is 23.6 Å². The average molecular weight is 546 g/mol. The lowest BCUT2D eigenvalue weighted by molar-refractivity contribution is -0.143. The first-order chi connectivity index (χ1) is 17.6. The summed E-state index contributed by atoms with van der Waals surface area (Å²) in [6, 6.07) is 11.1. The van der Waals surface area contributed by atoms with Gasteiger partial charge in [0.15, 0.2) is 4.80 Å². The van der Waals surface area contributed by atoms with Gasteiger partial charge in [0.05, 0.1) is 28.8 Å². The maximum Gasteiger partial charge on any atom is 0.326 e. The van der Waals surface area contributed by atoms with Crippen molar-refractivity contribution in [3.63, 3.8) is 0 Å². The van der Waals surface area contributed by atoms with Crippen molar-refractivity contribution in [1.29, 1.82) is 0 Å². The van der Waals surface area contributed by atoms with Crippen LogP contribution in [0.2, 0.25) is 0 Å². The Morgan fingerprint density at radius 1 is 1.16 bits per heavy atom. The maximum absolute atomic E-state index is 13.4. The van der Waals surface area contributed by atoms with E-state index in [0.717, 1.165) is 15.8 Å². The Kier molecular flexibility index (Phi) is 8.15. The normalized spacial score (nSPS) is 17.0. The van der Waals surface area contributed by atoms with Crippen LogP contribution in [0.3, 0.4) is 0 Å². The molecule has 9 nitrogen and oxygen atoms in total. The molecule has 0 bridgehead atoms. The van der Waals surface area contributed by atoms with Crippen molar-refractivity contribution in [2.75, 3.05) is 20.3 Å². The van der Waals surface area contributed by atoms with Crippen LogP contribution >= 0.6 is 11.3 Å². The van der Waals surface area contributed by atoms with E-state index in [1.165, 1.54) is 34.9 Å². The van der Waals surface area contributed by atoms with Gasteiger partial charge in [0.1, 0.15) is 18.3 Å². The zero-order valence-corrected chi connectivity index (χ0v) is 23.0. The molecule has 1 saturated heterocycles. The van der Waals surface area contributed by atoms with Crippen LogP contribution in [0.15, 0.2) is 52.4 Å². The van der Waals surface area contributed by atoms with Gasteiger partial charge in [-0.05, 0) is 67.6 Å². The number of thiazole rings is 1. The Morgan fingerprint density at radius 3 is 2.54 bits per heavy atom. The number of carbonyl (C=O) groups is 2. The lowest BCUT2D eigenvalue weighted by Gasteiger charge is -2.21. The quantitative estimate of drug-likeness (QED) is 0.400. The number of fused-ring (bicyclic) bond motifs is 1. The summed E-state index contributed by atoms with van der Waals surface area (Å²) in [7, 11) is -2.40. The molecular weight excluding hydrogens is 514 g/mol. The van der Waals surface area contributed by atoms with Crippen LogP contribution in [0.5, 0.6) is 5.75 Å². The number of nitrogens with zero attached hydrogens (tertiary/aromatic N) is 3. The summed E-state index contributed by atoms with van der Waals surface area (Å²) in [6.45, 7) is 6.29. The molecule has 1 unspecified atom stereocenters. The molecular formula is C26H31N3O6S2. The molecule has 1 aliphatic rings. The van der Waals surface area contributed by atoms with Crippen molar-refractivity contribution in [3.8, 4) is 5.75 Å². The van der Waals surface area contributed by atoms with E-state index in [9.17, 15) is 18.0 Å². The predicted molar refractivity (Wildman–Crippen MR) is 141 cm³/mol. The topological polar surface area (TPSA) is 107 Å². The smallest absolute Gasteiger partial charge is 0.326 e. The molecule has 2 heterocycles. The molecule has 1 aromatic heterocycles. The van der Waals surface area contributed by atoms with Crippen LogP contribution in [0.25, 0.3) is 10.2 Å². The summed E-state index contributed by atoms with van der Waals surface area (Å²) >= 11 is 1.30. The fraction of sp³-hybridized carbons (Fsp3) is 0.423. The fourth-order valence-corrected chi connectivity index (χ4v) is 7.08. The minimum absolute atomic E-state index is 0.0912. The molecule has 2 aromatic carbocycles. The number of benzene rings is 2. The van der Waals surface area contributed by atoms with Crippen molar-refractivity contribution >= 4 is 43.5 Å². The lowest BCUT2D eigenvalue weighted by atomic mass is 10.0. The fourth-order valence-electron chi connectivity index (χ4n) is 4.35. The monoisotopic (exact) mass is 545 g/mol. The highest BCUT2D eigenvalue weighted by atomic mass is 32.2. The van der Waals surface area contributed by atoms with Crippen LogP contribution in [0.4, 0.5) is 0 Å². The lowest BCUT2D eigenvalue weighted by Crippen LogP contribution is -2.40. The predicted octanol–water partition coefficient (Wildman–Crippen LogP) is 3.68. The largest absolute Gasteiger partial charge is 0.497 e. The van der Waals surface area contributed by atoms with Crippen LogP contribution in [-0.4, -0.2) is 55.5 Å². The number of sulfonamides is 1. The van der Waals surface area contributed by atoms with Gasteiger partial charge < -0.3 is 14.0 Å². The number of hydrogen-bond acceptors (Lipinski definition) is 7. The zero-order valence-electron chi connectivity index (χ0n) is 21.3. The Labute approximate surface area is 220 Å². The van der Waals surface area contributed by atoms with E-state index < -0.39 is 27.9 Å². The van der Waals surface area contributed by atoms with Gasteiger partial charge in [0.2, 0.25) is 10.0 Å². The number of esters is 1. The number of aromatic nitrogens is 1. The van der Waals surface area contributed by atoms with Crippen molar-refractivity contribution in [1.82, 2.24) is 8.87 Å². The minimum Gasteiger partial charge on any atom is -0.497 e. The second-order valence-electron chi connectivity index (χ2n) is 9.06. The molecule has 37 heavy (non-hydrogen) atoms. The summed E-state index contributed by atoms with van der Waals surface area (Å²) in [6.07, 6.45) is 0.923. The van der Waals surface area contributed by atoms with Gasteiger partial charge in [-0.3, -0.25) is 9.59 Å². The zero-order chi connectivity index (χ0) is 26.7. The molecule has 1 atom stereocenters. The van der Waals surface area contributed by atoms with Crippen LogP contribution in [0, 0.1) is 0 Å². The number of amides is 1. The molecule has 4 rings (SSSR count). The van der Waals surface area contributed by atoms with Gasteiger partial charge in [-0.1, -0.05) is 31.3 Å². The van der Waals surface area contributed by atoms with Gasteiger partial charge in [-0.25, -0.2) is 8.42 Å². The number of carbonyl (C=O) groups excluding carboxylic acids is 2. The number of hydrogen-bond donors (Lipinski definition) is 0. The van der Waals surface area contributed by atoms with E-state index >= 15 is 0 Å². The van der Waals surface area contributed by atoms with E-state index in [1.807, 2.05) is 18.2 Å². The first-order valence-electron chi connectivity index (χ1n) is 12.2. The molecule has 0 saturated carbocycles. The summed E-state index contributed by atoms with van der Waals surface area (Å²) in [5.74, 6) is -0.141. The van der Waals surface area contributed by atoms with E-state index in [0.29, 0.717) is 29.3 Å². The van der Waals surface area contributed by atoms with Gasteiger partial charge in [-0.2, -0.15) is 9.30 Å². The Hall–Kier alpha value is -3.02. The molecule has 0 radical (unpaired) electrons. The summed E-state index contributed by atoms with van der Waals surface area (Å²) < 4.78 is 40.7. The van der Waals surface area contributed by atoms with Crippen LogP contribution in [-0.2, 0) is 30.9 Å². The highest BCUT2D eigenvalue weighted by Gasteiger charge is 2.39. The van der Waals surface area contributed by atoms with E-state index in [-0.39, 0.29) is 24.6 Å². The summed E-state index contributed by atoms with van der Waals surface area (Å²) in [5, 5.41) is 0. The molecule has 0 aliphatic carbocycles. The first kappa shape index (κ1) is 27.0. The Bertz CT molecular complexity index is 1470. The second-order valence-corrected chi connectivity index (χ2v) is 12.0. The van der Waals surface area contributed by atoms with Gasteiger partial charge in [-0.15, -0.1) is 0 Å². The molecule has 3 aromatic rings. The third-order valence-electron chi connectivity index (χ3n) is 6.33. The standard InChI is InChI=1S/C26H31N3O6S2/c1-5-35-24(30)16-28-21-13-8-18(17(2)3)15-23(21)36-26(28)27-25(31)22-7-6-14-29(22)37(32,33)20-11-9-19(34-4)10-12-20/h8-13,15,17,22H,5-7,14,16H2,1-4H3. The molecule has 1 fully saturated rings. The molecule has 1 aliphatic heterocycles. The number of methoxy groups -OCH3 is 1. The molecule has 1 amide bonds.